The molecule has 1 aromatic carbocycles. The number of benzene rings is 1. The second kappa shape index (κ2) is 4.85. The molecule has 1 heterocycles. The molecule has 0 spiro atoms. The lowest BCUT2D eigenvalue weighted by Gasteiger charge is -2.09. The van der Waals surface area contributed by atoms with Crippen molar-refractivity contribution < 1.29 is 0 Å². The number of nitrogens with two attached hydrogens (primary N) is 1. The minimum absolute atomic E-state index is 0.664. The van der Waals surface area contributed by atoms with Gasteiger partial charge in [-0.15, -0.1) is 5.10 Å². The minimum atomic E-state index is 0.664. The third kappa shape index (κ3) is 2.64. The van der Waals surface area contributed by atoms with Gasteiger partial charge < -0.3 is 11.1 Å². The molecule has 0 aliphatic heterocycles. The number of anilines is 2. The van der Waals surface area contributed by atoms with Crippen molar-refractivity contribution in [2.24, 2.45) is 0 Å². The summed E-state index contributed by atoms with van der Waals surface area (Å²) in [4.78, 5) is 0. The Kier molecular flexibility index (Phi) is 3.26. The van der Waals surface area contributed by atoms with Gasteiger partial charge in [0, 0.05) is 17.8 Å². The lowest BCUT2D eigenvalue weighted by molar-refractivity contribution is 0.609. The second-order valence-corrected chi connectivity index (χ2v) is 3.76. The van der Waals surface area contributed by atoms with Crippen LogP contribution in [-0.2, 0) is 6.54 Å². The average molecular weight is 238 g/mol. The number of nitrogens with zero attached hydrogens (tertiary/aromatic N) is 3. The molecule has 0 atom stereocenters. The summed E-state index contributed by atoms with van der Waals surface area (Å²) in [5, 5.41) is 11.4. The van der Waals surface area contributed by atoms with Crippen molar-refractivity contribution in [3.63, 3.8) is 0 Å². The highest BCUT2D eigenvalue weighted by atomic mass is 35.5. The Morgan fingerprint density at radius 1 is 1.44 bits per heavy atom. The molecule has 0 unspecified atom stereocenters. The first-order valence-electron chi connectivity index (χ1n) is 4.89. The van der Waals surface area contributed by atoms with Crippen molar-refractivity contribution >= 4 is 23.0 Å². The van der Waals surface area contributed by atoms with Crippen LogP contribution in [0.25, 0.3) is 0 Å². The van der Waals surface area contributed by atoms with E-state index in [2.05, 4.69) is 15.6 Å². The van der Waals surface area contributed by atoms with Crippen LogP contribution in [0.5, 0.6) is 0 Å². The van der Waals surface area contributed by atoms with Gasteiger partial charge in [0.25, 0.3) is 0 Å². The zero-order chi connectivity index (χ0) is 11.4. The fourth-order valence-electron chi connectivity index (χ4n) is 1.34. The number of rotatable bonds is 4. The Hall–Kier alpha value is -1.75. The van der Waals surface area contributed by atoms with E-state index in [4.69, 9.17) is 17.3 Å². The summed E-state index contributed by atoms with van der Waals surface area (Å²) in [5.74, 6) is 0. The van der Waals surface area contributed by atoms with Crippen molar-refractivity contribution in [3.05, 3.63) is 35.6 Å². The highest BCUT2D eigenvalue weighted by molar-refractivity contribution is 6.31. The van der Waals surface area contributed by atoms with Crippen molar-refractivity contribution in [1.82, 2.24) is 15.0 Å². The molecule has 0 aliphatic rings. The Labute approximate surface area is 98.2 Å². The fourth-order valence-corrected chi connectivity index (χ4v) is 1.51. The predicted molar refractivity (Wildman–Crippen MR) is 64.4 cm³/mol. The smallest absolute Gasteiger partial charge is 0.0692 e. The molecular weight excluding hydrogens is 226 g/mol. The standard InChI is InChI=1S/C10H12ClN5/c11-8-1-2-9(12)10(7-8)13-3-5-16-6-4-14-15-16/h1-2,4,6-7,13H,3,5,12H2. The van der Waals surface area contributed by atoms with E-state index in [1.807, 2.05) is 6.20 Å². The van der Waals surface area contributed by atoms with Gasteiger partial charge in [-0.05, 0) is 18.2 Å². The second-order valence-electron chi connectivity index (χ2n) is 3.32. The van der Waals surface area contributed by atoms with Crippen LogP contribution in [0, 0.1) is 0 Å². The van der Waals surface area contributed by atoms with Crippen LogP contribution in [0.3, 0.4) is 0 Å². The number of halogens is 1. The van der Waals surface area contributed by atoms with E-state index in [1.165, 1.54) is 0 Å². The molecule has 0 saturated carbocycles. The Balaban J connectivity index is 1.92. The summed E-state index contributed by atoms with van der Waals surface area (Å²) in [7, 11) is 0. The topological polar surface area (TPSA) is 68.8 Å². The van der Waals surface area contributed by atoms with Gasteiger partial charge in [-0.25, -0.2) is 0 Å². The minimum Gasteiger partial charge on any atom is -0.397 e. The lowest BCUT2D eigenvalue weighted by atomic mass is 10.2. The van der Waals surface area contributed by atoms with Crippen LogP contribution in [0.15, 0.2) is 30.6 Å². The number of hydrogen-bond acceptors (Lipinski definition) is 4. The van der Waals surface area contributed by atoms with E-state index >= 15 is 0 Å². The maximum absolute atomic E-state index is 5.87. The summed E-state index contributed by atoms with van der Waals surface area (Å²) < 4.78 is 1.74. The van der Waals surface area contributed by atoms with Crippen molar-refractivity contribution in [2.75, 3.05) is 17.6 Å². The van der Waals surface area contributed by atoms with E-state index in [0.29, 0.717) is 17.3 Å². The highest BCUT2D eigenvalue weighted by Crippen LogP contribution is 2.22. The Morgan fingerprint density at radius 3 is 3.06 bits per heavy atom. The van der Waals surface area contributed by atoms with Gasteiger partial charge in [0.15, 0.2) is 0 Å². The summed E-state index contributed by atoms with van der Waals surface area (Å²) in [5.41, 5.74) is 7.32. The van der Waals surface area contributed by atoms with Crippen LogP contribution in [0.4, 0.5) is 11.4 Å². The van der Waals surface area contributed by atoms with Crippen LogP contribution in [-0.4, -0.2) is 21.5 Å². The van der Waals surface area contributed by atoms with Crippen molar-refractivity contribution in [1.29, 1.82) is 0 Å². The van der Waals surface area contributed by atoms with Crippen molar-refractivity contribution in [2.45, 2.75) is 6.54 Å². The summed E-state index contributed by atoms with van der Waals surface area (Å²) in [6, 6.07) is 5.35. The van der Waals surface area contributed by atoms with Gasteiger partial charge in [0.1, 0.15) is 0 Å². The molecule has 0 aliphatic carbocycles. The number of nitrogens with one attached hydrogen (secondary N) is 1. The van der Waals surface area contributed by atoms with Gasteiger partial charge >= 0.3 is 0 Å². The average Bonchev–Trinajstić information content (AvgIpc) is 2.76. The van der Waals surface area contributed by atoms with Crippen LogP contribution >= 0.6 is 11.6 Å². The number of nitrogen functional groups attached to an aromatic ring is 1. The predicted octanol–water partition coefficient (Wildman–Crippen LogP) is 1.63. The van der Waals surface area contributed by atoms with Crippen LogP contribution in [0.1, 0.15) is 0 Å². The fraction of sp³-hybridized carbons (Fsp3) is 0.200. The molecular formula is C10H12ClN5. The highest BCUT2D eigenvalue weighted by Gasteiger charge is 1.99. The van der Waals surface area contributed by atoms with Gasteiger partial charge in [0.05, 0.1) is 24.1 Å². The Bertz CT molecular complexity index is 454. The van der Waals surface area contributed by atoms with E-state index in [9.17, 15) is 0 Å². The maximum atomic E-state index is 5.87. The number of hydrogen-bond donors (Lipinski definition) is 2. The number of aromatic nitrogens is 3. The lowest BCUT2D eigenvalue weighted by Crippen LogP contribution is -2.12. The van der Waals surface area contributed by atoms with Gasteiger partial charge in [-0.2, -0.15) is 0 Å². The molecule has 5 nitrogen and oxygen atoms in total. The first-order valence-corrected chi connectivity index (χ1v) is 5.26. The molecule has 1 aromatic heterocycles. The zero-order valence-corrected chi connectivity index (χ0v) is 9.35. The molecule has 0 bridgehead atoms. The molecule has 6 heteroatoms. The normalized spacial score (nSPS) is 10.3. The van der Waals surface area contributed by atoms with Crippen LogP contribution in [0.2, 0.25) is 5.02 Å². The molecule has 16 heavy (non-hydrogen) atoms. The monoisotopic (exact) mass is 237 g/mol. The van der Waals surface area contributed by atoms with E-state index in [-0.39, 0.29) is 0 Å². The first-order chi connectivity index (χ1) is 7.75. The third-order valence-corrected chi connectivity index (χ3v) is 2.38. The van der Waals surface area contributed by atoms with E-state index < -0.39 is 0 Å². The Morgan fingerprint density at radius 2 is 2.31 bits per heavy atom. The molecule has 0 fully saturated rings. The van der Waals surface area contributed by atoms with E-state index in [1.54, 1.807) is 29.1 Å². The van der Waals surface area contributed by atoms with Gasteiger partial charge in [-0.3, -0.25) is 4.68 Å². The van der Waals surface area contributed by atoms with Gasteiger partial charge in [-0.1, -0.05) is 16.8 Å². The first kappa shape index (κ1) is 10.8. The molecule has 0 radical (unpaired) electrons. The quantitative estimate of drug-likeness (QED) is 0.793. The molecule has 2 rings (SSSR count). The van der Waals surface area contributed by atoms with Crippen LogP contribution < -0.4 is 11.1 Å². The summed E-state index contributed by atoms with van der Waals surface area (Å²) in [6.07, 6.45) is 3.46. The third-order valence-electron chi connectivity index (χ3n) is 2.14. The maximum Gasteiger partial charge on any atom is 0.0692 e. The van der Waals surface area contributed by atoms with E-state index in [0.717, 1.165) is 12.2 Å². The largest absolute Gasteiger partial charge is 0.397 e. The molecule has 0 saturated heterocycles. The molecule has 2 aromatic rings. The van der Waals surface area contributed by atoms with Crippen molar-refractivity contribution in [3.8, 4) is 0 Å². The summed E-state index contributed by atoms with van der Waals surface area (Å²) >= 11 is 5.87. The molecule has 84 valence electrons. The zero-order valence-electron chi connectivity index (χ0n) is 8.60. The SMILES string of the molecule is Nc1ccc(Cl)cc1NCCn1ccnn1. The van der Waals surface area contributed by atoms with Gasteiger partial charge in [0.2, 0.25) is 0 Å². The molecule has 3 N–H and O–H groups in total. The molecule has 0 amide bonds. The summed E-state index contributed by atoms with van der Waals surface area (Å²) in [6.45, 7) is 1.44.